The highest BCUT2D eigenvalue weighted by Gasteiger charge is 2.33. The third kappa shape index (κ3) is 3.68. The van der Waals surface area contributed by atoms with Crippen LogP contribution in [0.25, 0.3) is 0 Å². The fourth-order valence-electron chi connectivity index (χ4n) is 2.58. The van der Waals surface area contributed by atoms with Gasteiger partial charge in [-0.15, -0.1) is 0 Å². The maximum absolute atomic E-state index is 12.4. The van der Waals surface area contributed by atoms with E-state index < -0.39 is 5.54 Å². The van der Waals surface area contributed by atoms with Crippen molar-refractivity contribution >= 4 is 5.91 Å². The van der Waals surface area contributed by atoms with E-state index in [2.05, 4.69) is 17.3 Å². The van der Waals surface area contributed by atoms with Gasteiger partial charge in [0.1, 0.15) is 0 Å². The van der Waals surface area contributed by atoms with E-state index >= 15 is 0 Å². The van der Waals surface area contributed by atoms with Gasteiger partial charge in [-0.1, -0.05) is 6.92 Å². The van der Waals surface area contributed by atoms with Crippen LogP contribution in [-0.4, -0.2) is 61.0 Å². The summed E-state index contributed by atoms with van der Waals surface area (Å²) in [6.45, 7) is 8.91. The molecule has 17 heavy (non-hydrogen) atoms. The van der Waals surface area contributed by atoms with E-state index in [0.29, 0.717) is 6.04 Å². The maximum Gasteiger partial charge on any atom is 0.242 e. The van der Waals surface area contributed by atoms with Crippen molar-refractivity contribution in [1.29, 1.82) is 0 Å². The number of likely N-dealkylation sites (N-methyl/N-ethyl adjacent to an activating group) is 3. The molecule has 0 aromatic rings. The van der Waals surface area contributed by atoms with Crippen LogP contribution in [0.3, 0.4) is 0 Å². The average Bonchev–Trinajstić information content (AvgIpc) is 2.27. The smallest absolute Gasteiger partial charge is 0.242 e. The van der Waals surface area contributed by atoms with E-state index in [-0.39, 0.29) is 5.91 Å². The minimum absolute atomic E-state index is 0.194. The number of hydrogen-bond donors (Lipinski definition) is 1. The zero-order chi connectivity index (χ0) is 13.1. The third-order valence-electron chi connectivity index (χ3n) is 3.62. The highest BCUT2D eigenvalue weighted by Crippen LogP contribution is 2.17. The second-order valence-electron chi connectivity index (χ2n) is 5.63. The van der Waals surface area contributed by atoms with Gasteiger partial charge in [0.2, 0.25) is 5.91 Å². The molecule has 1 N–H and O–H groups in total. The zero-order valence-electron chi connectivity index (χ0n) is 11.9. The van der Waals surface area contributed by atoms with Crippen LogP contribution < -0.4 is 5.32 Å². The molecule has 1 unspecified atom stereocenters. The quantitative estimate of drug-likeness (QED) is 0.795. The number of nitrogens with one attached hydrogen (secondary N) is 1. The minimum atomic E-state index is -0.459. The molecule has 1 amide bonds. The molecule has 0 radical (unpaired) electrons. The Morgan fingerprint density at radius 3 is 2.71 bits per heavy atom. The molecule has 1 aliphatic heterocycles. The predicted octanol–water partition coefficient (Wildman–Crippen LogP) is 0.927. The summed E-state index contributed by atoms with van der Waals surface area (Å²) in [5.74, 6) is 0.194. The Morgan fingerprint density at radius 2 is 2.18 bits per heavy atom. The first-order valence-corrected chi connectivity index (χ1v) is 6.59. The van der Waals surface area contributed by atoms with E-state index in [1.807, 2.05) is 32.7 Å². The molecule has 1 rings (SSSR count). The van der Waals surface area contributed by atoms with Crippen molar-refractivity contribution in [2.45, 2.75) is 45.2 Å². The summed E-state index contributed by atoms with van der Waals surface area (Å²) in [5.41, 5.74) is -0.459. The number of likely N-dealkylation sites (tertiary alicyclic amines) is 1. The van der Waals surface area contributed by atoms with Crippen molar-refractivity contribution in [3.05, 3.63) is 0 Å². The number of hydrogen-bond acceptors (Lipinski definition) is 3. The third-order valence-corrected chi connectivity index (χ3v) is 3.62. The van der Waals surface area contributed by atoms with Crippen LogP contribution in [0.5, 0.6) is 0 Å². The lowest BCUT2D eigenvalue weighted by Crippen LogP contribution is -2.57. The van der Waals surface area contributed by atoms with Gasteiger partial charge in [0.25, 0.3) is 0 Å². The van der Waals surface area contributed by atoms with Gasteiger partial charge in [-0.3, -0.25) is 4.79 Å². The van der Waals surface area contributed by atoms with E-state index in [1.54, 1.807) is 0 Å². The molecule has 0 aromatic carbocycles. The summed E-state index contributed by atoms with van der Waals surface area (Å²) >= 11 is 0. The monoisotopic (exact) mass is 241 g/mol. The average molecular weight is 241 g/mol. The maximum atomic E-state index is 12.4. The lowest BCUT2D eigenvalue weighted by atomic mass is 9.99. The van der Waals surface area contributed by atoms with Crippen molar-refractivity contribution in [3.63, 3.8) is 0 Å². The van der Waals surface area contributed by atoms with Crippen LogP contribution in [0.1, 0.15) is 33.6 Å². The van der Waals surface area contributed by atoms with E-state index in [4.69, 9.17) is 0 Å². The Balaban J connectivity index is 2.62. The van der Waals surface area contributed by atoms with Gasteiger partial charge in [-0.25, -0.2) is 0 Å². The fraction of sp³-hybridized carbons (Fsp3) is 0.923. The van der Waals surface area contributed by atoms with Gasteiger partial charge in [-0.2, -0.15) is 0 Å². The van der Waals surface area contributed by atoms with Crippen LogP contribution in [0.15, 0.2) is 0 Å². The van der Waals surface area contributed by atoms with Gasteiger partial charge in [-0.05, 0) is 46.8 Å². The highest BCUT2D eigenvalue weighted by atomic mass is 16.2. The first kappa shape index (κ1) is 14.5. The number of carbonyl (C=O) groups excluding carboxylic acids is 1. The Labute approximate surface area is 105 Å². The van der Waals surface area contributed by atoms with E-state index in [9.17, 15) is 4.79 Å². The van der Waals surface area contributed by atoms with Crippen molar-refractivity contribution in [1.82, 2.24) is 15.1 Å². The van der Waals surface area contributed by atoms with Gasteiger partial charge in [0.15, 0.2) is 0 Å². The number of rotatable bonds is 4. The molecular weight excluding hydrogens is 214 g/mol. The Morgan fingerprint density at radius 1 is 1.53 bits per heavy atom. The standard InChI is InChI=1S/C13H27N3O/c1-6-14-13(2,3)12(17)16(5)11-8-7-9-15(4)10-11/h11,14H,6-10H2,1-5H3. The largest absolute Gasteiger partial charge is 0.340 e. The van der Waals surface area contributed by atoms with Crippen molar-refractivity contribution in [2.75, 3.05) is 33.7 Å². The second-order valence-corrected chi connectivity index (χ2v) is 5.63. The lowest BCUT2D eigenvalue weighted by Gasteiger charge is -2.39. The Hall–Kier alpha value is -0.610. The van der Waals surface area contributed by atoms with Gasteiger partial charge in [0, 0.05) is 19.6 Å². The fourth-order valence-corrected chi connectivity index (χ4v) is 2.58. The summed E-state index contributed by atoms with van der Waals surface area (Å²) in [7, 11) is 4.06. The van der Waals surface area contributed by atoms with Crippen LogP contribution in [-0.2, 0) is 4.79 Å². The summed E-state index contributed by atoms with van der Waals surface area (Å²) in [6.07, 6.45) is 2.30. The Kier molecular flexibility index (Phi) is 4.95. The predicted molar refractivity (Wildman–Crippen MR) is 71.0 cm³/mol. The molecule has 0 aliphatic carbocycles. The molecule has 0 aromatic heterocycles. The van der Waals surface area contributed by atoms with Crippen LogP contribution >= 0.6 is 0 Å². The first-order valence-electron chi connectivity index (χ1n) is 6.59. The SMILES string of the molecule is CCNC(C)(C)C(=O)N(C)C1CCCN(C)C1. The molecule has 0 bridgehead atoms. The molecule has 1 heterocycles. The highest BCUT2D eigenvalue weighted by molar-refractivity contribution is 5.85. The molecular formula is C13H27N3O. The first-order chi connectivity index (χ1) is 7.88. The number of nitrogens with zero attached hydrogens (tertiary/aromatic N) is 2. The van der Waals surface area contributed by atoms with Gasteiger partial charge < -0.3 is 15.1 Å². The minimum Gasteiger partial charge on any atom is -0.340 e. The number of amides is 1. The molecule has 4 heteroatoms. The molecule has 1 atom stereocenters. The van der Waals surface area contributed by atoms with Crippen LogP contribution in [0.4, 0.5) is 0 Å². The summed E-state index contributed by atoms with van der Waals surface area (Å²) < 4.78 is 0. The van der Waals surface area contributed by atoms with E-state index in [1.165, 1.54) is 6.42 Å². The second kappa shape index (κ2) is 5.83. The Bertz CT molecular complexity index is 265. The summed E-state index contributed by atoms with van der Waals surface area (Å²) in [6, 6.07) is 0.360. The summed E-state index contributed by atoms with van der Waals surface area (Å²) in [5, 5.41) is 3.25. The number of piperidine rings is 1. The normalized spacial score (nSPS) is 22.5. The zero-order valence-corrected chi connectivity index (χ0v) is 11.9. The summed E-state index contributed by atoms with van der Waals surface area (Å²) in [4.78, 5) is 16.6. The molecule has 100 valence electrons. The molecule has 1 aliphatic rings. The van der Waals surface area contributed by atoms with Crippen LogP contribution in [0.2, 0.25) is 0 Å². The van der Waals surface area contributed by atoms with Crippen molar-refractivity contribution < 1.29 is 4.79 Å². The van der Waals surface area contributed by atoms with Gasteiger partial charge in [0.05, 0.1) is 5.54 Å². The topological polar surface area (TPSA) is 35.6 Å². The molecule has 4 nitrogen and oxygen atoms in total. The van der Waals surface area contributed by atoms with Gasteiger partial charge >= 0.3 is 0 Å². The van der Waals surface area contributed by atoms with E-state index in [0.717, 1.165) is 26.1 Å². The lowest BCUT2D eigenvalue weighted by molar-refractivity contribution is -0.138. The molecule has 0 spiro atoms. The number of carbonyl (C=O) groups is 1. The van der Waals surface area contributed by atoms with Crippen LogP contribution in [0, 0.1) is 0 Å². The van der Waals surface area contributed by atoms with Crippen molar-refractivity contribution in [3.8, 4) is 0 Å². The molecule has 1 fully saturated rings. The van der Waals surface area contributed by atoms with Crippen molar-refractivity contribution in [2.24, 2.45) is 0 Å². The molecule has 1 saturated heterocycles. The molecule has 0 saturated carbocycles.